The van der Waals surface area contributed by atoms with Crippen molar-refractivity contribution in [3.05, 3.63) is 34.9 Å². The van der Waals surface area contributed by atoms with E-state index in [2.05, 4.69) is 37.4 Å². The molecule has 1 fully saturated rings. The van der Waals surface area contributed by atoms with Crippen molar-refractivity contribution in [2.45, 2.75) is 26.2 Å². The van der Waals surface area contributed by atoms with Crippen LogP contribution >= 0.6 is 0 Å². The van der Waals surface area contributed by atoms with Crippen molar-refractivity contribution in [2.24, 2.45) is 0 Å². The van der Waals surface area contributed by atoms with E-state index >= 15 is 0 Å². The number of rotatable bonds is 1. The number of aryl methyl sites for hydroxylation is 2. The lowest BCUT2D eigenvalue weighted by Crippen LogP contribution is -2.13. The minimum atomic E-state index is 0.174. The second-order valence-corrected chi connectivity index (χ2v) is 4.05. The molecule has 2 heteroatoms. The van der Waals surface area contributed by atoms with Gasteiger partial charge < -0.3 is 5.32 Å². The second-order valence-electron chi connectivity index (χ2n) is 4.05. The fraction of sp³-hybridized carbons (Fsp3) is 0.417. The Balaban J connectivity index is 2.24. The van der Waals surface area contributed by atoms with E-state index in [1.807, 2.05) is 0 Å². The summed E-state index contributed by atoms with van der Waals surface area (Å²) >= 11 is 0. The first-order valence-corrected chi connectivity index (χ1v) is 5.00. The van der Waals surface area contributed by atoms with E-state index in [0.717, 1.165) is 6.54 Å². The smallest absolute Gasteiger partial charge is 0.220 e. The van der Waals surface area contributed by atoms with E-state index in [0.29, 0.717) is 12.3 Å². The van der Waals surface area contributed by atoms with Crippen LogP contribution in [0.15, 0.2) is 18.2 Å². The average molecular weight is 189 g/mol. The molecule has 1 aliphatic rings. The van der Waals surface area contributed by atoms with Gasteiger partial charge in [-0.2, -0.15) is 0 Å². The summed E-state index contributed by atoms with van der Waals surface area (Å²) in [7, 11) is 0. The van der Waals surface area contributed by atoms with Gasteiger partial charge in [0, 0.05) is 18.9 Å². The van der Waals surface area contributed by atoms with Gasteiger partial charge in [0.2, 0.25) is 5.91 Å². The van der Waals surface area contributed by atoms with Gasteiger partial charge in [0.15, 0.2) is 0 Å². The van der Waals surface area contributed by atoms with Gasteiger partial charge in [-0.25, -0.2) is 0 Å². The van der Waals surface area contributed by atoms with E-state index in [4.69, 9.17) is 0 Å². The monoisotopic (exact) mass is 189 g/mol. The van der Waals surface area contributed by atoms with E-state index in [-0.39, 0.29) is 5.91 Å². The van der Waals surface area contributed by atoms with Crippen LogP contribution < -0.4 is 5.32 Å². The first-order valence-electron chi connectivity index (χ1n) is 5.00. The molecule has 2 rings (SSSR count). The van der Waals surface area contributed by atoms with E-state index in [9.17, 15) is 4.79 Å². The van der Waals surface area contributed by atoms with Crippen LogP contribution in [0.2, 0.25) is 0 Å². The molecule has 2 nitrogen and oxygen atoms in total. The molecule has 74 valence electrons. The molecule has 0 aliphatic carbocycles. The van der Waals surface area contributed by atoms with Crippen molar-refractivity contribution in [3.63, 3.8) is 0 Å². The molecule has 0 radical (unpaired) electrons. The van der Waals surface area contributed by atoms with Crippen molar-refractivity contribution in [2.75, 3.05) is 6.54 Å². The largest absolute Gasteiger partial charge is 0.355 e. The minimum Gasteiger partial charge on any atom is -0.355 e. The maximum Gasteiger partial charge on any atom is 0.220 e. The van der Waals surface area contributed by atoms with Gasteiger partial charge in [0.25, 0.3) is 0 Å². The average Bonchev–Trinajstić information content (AvgIpc) is 2.57. The number of benzene rings is 1. The molecule has 1 saturated heterocycles. The molecular weight excluding hydrogens is 174 g/mol. The second kappa shape index (κ2) is 3.45. The molecule has 0 bridgehead atoms. The molecule has 1 unspecified atom stereocenters. The normalized spacial score (nSPS) is 21.0. The summed E-state index contributed by atoms with van der Waals surface area (Å²) in [5.74, 6) is 0.551. The van der Waals surface area contributed by atoms with Crippen molar-refractivity contribution >= 4 is 5.91 Å². The van der Waals surface area contributed by atoms with Gasteiger partial charge in [0.1, 0.15) is 0 Å². The molecule has 1 aliphatic heterocycles. The third-order valence-corrected chi connectivity index (χ3v) is 2.98. The van der Waals surface area contributed by atoms with Crippen LogP contribution in [0.25, 0.3) is 0 Å². The molecule has 1 heterocycles. The molecule has 1 N–H and O–H groups in total. The van der Waals surface area contributed by atoms with Crippen LogP contribution in [0.3, 0.4) is 0 Å². The maximum absolute atomic E-state index is 11.1. The summed E-state index contributed by atoms with van der Waals surface area (Å²) in [5.41, 5.74) is 3.90. The van der Waals surface area contributed by atoms with Crippen molar-refractivity contribution in [3.8, 4) is 0 Å². The van der Waals surface area contributed by atoms with E-state index < -0.39 is 0 Å². The highest BCUT2D eigenvalue weighted by Crippen LogP contribution is 2.24. The highest BCUT2D eigenvalue weighted by molar-refractivity contribution is 5.79. The number of hydrogen-bond acceptors (Lipinski definition) is 1. The zero-order valence-electron chi connectivity index (χ0n) is 8.63. The lowest BCUT2D eigenvalue weighted by Gasteiger charge is -2.09. The number of amides is 1. The van der Waals surface area contributed by atoms with Gasteiger partial charge in [-0.3, -0.25) is 4.79 Å². The fourth-order valence-electron chi connectivity index (χ4n) is 1.86. The Labute approximate surface area is 84.3 Å². The van der Waals surface area contributed by atoms with Crippen molar-refractivity contribution in [1.29, 1.82) is 0 Å². The van der Waals surface area contributed by atoms with E-state index in [1.165, 1.54) is 16.7 Å². The molecular formula is C12H15NO. The Kier molecular flexibility index (Phi) is 2.28. The van der Waals surface area contributed by atoms with Gasteiger partial charge in [-0.1, -0.05) is 18.2 Å². The zero-order chi connectivity index (χ0) is 10.1. The first-order chi connectivity index (χ1) is 6.66. The number of hydrogen-bond donors (Lipinski definition) is 1. The van der Waals surface area contributed by atoms with Crippen molar-refractivity contribution in [1.82, 2.24) is 5.32 Å². The topological polar surface area (TPSA) is 29.1 Å². The van der Waals surface area contributed by atoms with Crippen LogP contribution in [0.4, 0.5) is 0 Å². The predicted octanol–water partition coefficient (Wildman–Crippen LogP) is 1.91. The summed E-state index contributed by atoms with van der Waals surface area (Å²) in [4.78, 5) is 11.1. The van der Waals surface area contributed by atoms with Crippen LogP contribution in [0, 0.1) is 13.8 Å². The Morgan fingerprint density at radius 2 is 2.07 bits per heavy atom. The quantitative estimate of drug-likeness (QED) is 0.718. The summed E-state index contributed by atoms with van der Waals surface area (Å²) < 4.78 is 0. The number of carbonyl (C=O) groups is 1. The molecule has 14 heavy (non-hydrogen) atoms. The van der Waals surface area contributed by atoms with Gasteiger partial charge in [-0.05, 0) is 30.5 Å². The highest BCUT2D eigenvalue weighted by Gasteiger charge is 2.22. The molecule has 0 aromatic heterocycles. The molecule has 1 amide bonds. The third kappa shape index (κ3) is 1.65. The zero-order valence-corrected chi connectivity index (χ0v) is 8.63. The van der Waals surface area contributed by atoms with Crippen LogP contribution in [-0.4, -0.2) is 12.5 Å². The number of carbonyl (C=O) groups excluding carboxylic acids is 1. The standard InChI is InChI=1S/C12H15NO/c1-8-3-4-10(5-9(8)2)11-6-12(14)13-7-11/h3-5,11H,6-7H2,1-2H3,(H,13,14). The van der Waals surface area contributed by atoms with Crippen LogP contribution in [0.5, 0.6) is 0 Å². The molecule has 1 atom stereocenters. The highest BCUT2D eigenvalue weighted by atomic mass is 16.1. The molecule has 0 spiro atoms. The lowest BCUT2D eigenvalue weighted by molar-refractivity contribution is -0.119. The number of nitrogens with one attached hydrogen (secondary N) is 1. The summed E-state index contributed by atoms with van der Waals surface area (Å²) in [5, 5.41) is 2.86. The first kappa shape index (κ1) is 9.25. The molecule has 1 aromatic carbocycles. The minimum absolute atomic E-state index is 0.174. The SMILES string of the molecule is Cc1ccc(C2CNC(=O)C2)cc1C. The van der Waals surface area contributed by atoms with Gasteiger partial charge in [-0.15, -0.1) is 0 Å². The molecule has 1 aromatic rings. The Morgan fingerprint density at radius 3 is 2.64 bits per heavy atom. The van der Waals surface area contributed by atoms with E-state index in [1.54, 1.807) is 0 Å². The fourth-order valence-corrected chi connectivity index (χ4v) is 1.86. The summed E-state index contributed by atoms with van der Waals surface area (Å²) in [6, 6.07) is 6.46. The van der Waals surface area contributed by atoms with Crippen LogP contribution in [0.1, 0.15) is 29.0 Å². The Bertz CT molecular complexity index is 371. The predicted molar refractivity (Wildman–Crippen MR) is 56.3 cm³/mol. The third-order valence-electron chi connectivity index (χ3n) is 2.98. The summed E-state index contributed by atoms with van der Waals surface area (Å²) in [6.45, 7) is 5.02. The lowest BCUT2D eigenvalue weighted by atomic mass is 9.95. The van der Waals surface area contributed by atoms with Gasteiger partial charge >= 0.3 is 0 Å². The Hall–Kier alpha value is -1.31. The Morgan fingerprint density at radius 1 is 1.29 bits per heavy atom. The van der Waals surface area contributed by atoms with Crippen molar-refractivity contribution < 1.29 is 4.79 Å². The summed E-state index contributed by atoms with van der Waals surface area (Å²) in [6.07, 6.45) is 0.641. The van der Waals surface area contributed by atoms with Crippen LogP contribution in [-0.2, 0) is 4.79 Å². The molecule has 0 saturated carbocycles. The maximum atomic E-state index is 11.1. The van der Waals surface area contributed by atoms with Gasteiger partial charge in [0.05, 0.1) is 0 Å².